The Morgan fingerprint density at radius 3 is 1.02 bits per heavy atom. The number of aromatic amines is 1. The zero-order valence-electron chi connectivity index (χ0n) is 61.2. The molecule has 0 fully saturated rings. The fourth-order valence-electron chi connectivity index (χ4n) is 14.5. The summed E-state index contributed by atoms with van der Waals surface area (Å²) >= 11 is 0. The summed E-state index contributed by atoms with van der Waals surface area (Å²) in [7, 11) is 0. The molecule has 0 atom stereocenters. The van der Waals surface area contributed by atoms with Crippen LogP contribution in [0, 0.1) is 23.8 Å². The van der Waals surface area contributed by atoms with Crippen LogP contribution in [0.25, 0.3) is 99.6 Å². The van der Waals surface area contributed by atoms with E-state index in [1.165, 1.54) is 24.3 Å². The van der Waals surface area contributed by atoms with E-state index in [2.05, 4.69) is 181 Å². The predicted molar refractivity (Wildman–Crippen MR) is 436 cm³/mol. The average molecular weight is 1470 g/mol. The molecule has 20 heteroatoms. The van der Waals surface area contributed by atoms with E-state index in [1.54, 1.807) is 31.5 Å². The molecule has 0 spiro atoms. The molecule has 0 aliphatic heterocycles. The van der Waals surface area contributed by atoms with Gasteiger partial charge < -0.3 is 35.6 Å². The predicted octanol–water partition coefficient (Wildman–Crippen LogP) is 19.5. The molecular weight excluding hydrogens is 1400 g/mol. The summed E-state index contributed by atoms with van der Waals surface area (Å²) in [6.45, 7) is 9.79. The molecule has 0 saturated heterocycles. The van der Waals surface area contributed by atoms with E-state index in [4.69, 9.17) is 20.8 Å². The Morgan fingerprint density at radius 2 is 0.667 bits per heavy atom. The van der Waals surface area contributed by atoms with E-state index >= 15 is 0 Å². The molecule has 6 aromatic carbocycles. The number of hydrogen-bond donors (Lipinski definition) is 5. The van der Waals surface area contributed by atoms with Crippen molar-refractivity contribution in [3.05, 3.63) is 367 Å². The largest absolute Gasteiger partial charge is 0.397 e. The van der Waals surface area contributed by atoms with Crippen molar-refractivity contribution < 1.29 is 22.7 Å². The number of anilines is 2. The number of aliphatic hydroxyl groups is 1. The first-order valence-electron chi connectivity index (χ1n) is 36.5. The molecule has 18 aromatic rings. The van der Waals surface area contributed by atoms with Crippen molar-refractivity contribution in [2.24, 2.45) is 5.73 Å². The topological polar surface area (TPSA) is 212 Å². The highest BCUT2D eigenvalue weighted by Crippen LogP contribution is 2.48. The van der Waals surface area contributed by atoms with E-state index in [0.29, 0.717) is 64.1 Å². The minimum Gasteiger partial charge on any atom is -0.397 e. The number of aliphatic hydroxyl groups excluding tert-OH is 1. The number of benzene rings is 6. The number of nitrogens with zero attached hydrogens (tertiary/aromatic N) is 11. The van der Waals surface area contributed by atoms with Crippen LogP contribution < -0.4 is 16.4 Å². The van der Waals surface area contributed by atoms with Crippen molar-refractivity contribution in [1.29, 1.82) is 0 Å². The number of rotatable bonds is 15. The summed E-state index contributed by atoms with van der Waals surface area (Å²) in [5, 5.41) is 19.5. The van der Waals surface area contributed by atoms with Gasteiger partial charge >= 0.3 is 0 Å². The lowest BCUT2D eigenvalue weighted by Crippen LogP contribution is -2.37. The highest BCUT2D eigenvalue weighted by atomic mass is 19.1. The van der Waals surface area contributed by atoms with E-state index < -0.39 is 34.9 Å². The number of H-pyrrole nitrogens is 1. The first-order chi connectivity index (χ1) is 54.4. The molecule has 550 valence electrons. The standard InChI is InChI=1S/C36H28FN5.C34H22F2N4.C17H14FN5.C2H7N.C2H6O/c1-2-39-34-23-25(22-33(37)41-34)31-19-18-29-30-24-38-21-20-32(30)42(35(29)40-31)36(26-12-6-3-7-13-26,27-14-8-4-9-15-27)28-16-10-5-11-17-28;35-31-20-23(21-32(36)39-31)29-17-16-27-28-22-37-19-18-30(28)40(33(27)38-29)34(24-10-4-1-5-11-24,25-12-6-2-7-13-25)26-14-8-3-9-15-26;1-2-20-16-8-10(7-15(18)23-16)13-4-3-11-12-9-19-6-5-14(12)22-17(11)21-13;2*1-2-3/h3-24H,2H2,1H3,(H,39,41);1-22H;3-9H,2H2,1H3,(H,20,23)(H,21,22);2-3H2,1H3;3H,2H2,1H3. The van der Waals surface area contributed by atoms with Crippen LogP contribution in [0.4, 0.5) is 29.2 Å². The van der Waals surface area contributed by atoms with E-state index in [0.717, 1.165) is 100 Å². The van der Waals surface area contributed by atoms with Gasteiger partial charge in [-0.25, -0.2) is 24.9 Å². The maximum atomic E-state index is 14.7. The van der Waals surface area contributed by atoms with Gasteiger partial charge in [0.1, 0.15) is 39.7 Å². The van der Waals surface area contributed by atoms with Gasteiger partial charge in [0.2, 0.25) is 23.8 Å². The van der Waals surface area contributed by atoms with Gasteiger partial charge in [-0.3, -0.25) is 15.0 Å². The van der Waals surface area contributed by atoms with E-state index in [-0.39, 0.29) is 6.61 Å². The molecule has 16 nitrogen and oxygen atoms in total. The van der Waals surface area contributed by atoms with Crippen LogP contribution in [-0.4, -0.2) is 90.3 Å². The Morgan fingerprint density at radius 1 is 0.360 bits per heavy atom. The Labute approximate surface area is 638 Å². The minimum absolute atomic E-state index is 0.250. The van der Waals surface area contributed by atoms with Crippen molar-refractivity contribution in [3.63, 3.8) is 0 Å². The van der Waals surface area contributed by atoms with Crippen LogP contribution >= 0.6 is 0 Å². The van der Waals surface area contributed by atoms with Crippen LogP contribution in [0.3, 0.4) is 0 Å². The molecule has 12 heterocycles. The van der Waals surface area contributed by atoms with Crippen LogP contribution in [0.1, 0.15) is 61.1 Å². The first kappa shape index (κ1) is 74.2. The van der Waals surface area contributed by atoms with Gasteiger partial charge in [0, 0.05) is 130 Å². The molecule has 111 heavy (non-hydrogen) atoms. The number of aromatic nitrogens is 12. The summed E-state index contributed by atoms with van der Waals surface area (Å²) in [4.78, 5) is 42.4. The fraction of sp³-hybridized carbons (Fsp3) is 0.110. The van der Waals surface area contributed by atoms with E-state index in [9.17, 15) is 17.6 Å². The number of halogens is 4. The fourth-order valence-corrected chi connectivity index (χ4v) is 14.5. The number of hydrogen-bond acceptors (Lipinski definition) is 13. The third kappa shape index (κ3) is 14.8. The second-order valence-electron chi connectivity index (χ2n) is 25.8. The van der Waals surface area contributed by atoms with Crippen molar-refractivity contribution >= 4 is 77.4 Å². The SMILES string of the molecule is CCN.CCNc1cc(-c2ccc3c(n2)[nH]c2ccncc23)cc(F)n1.CCNc1cc(-c2ccc3c4cnccc4n(C(c4ccccc4)(c4ccccc4)c4ccccc4)c3n2)cc(F)n1.CCO.Fc1cc(-c2ccc3c4cnccc4n(C(c4ccccc4)(c4ccccc4)c4ccccc4)c3n2)cc(F)n1. The van der Waals surface area contributed by atoms with Crippen molar-refractivity contribution in [2.45, 2.75) is 38.8 Å². The Bertz CT molecular complexity index is 5980. The third-order valence-electron chi connectivity index (χ3n) is 18.9. The lowest BCUT2D eigenvalue weighted by molar-refractivity contribution is 0.318. The number of nitrogens with two attached hydrogens (primary N) is 1. The summed E-state index contributed by atoms with van der Waals surface area (Å²) in [6, 6.07) is 88.9. The molecule has 6 N–H and O–H groups in total. The summed E-state index contributed by atoms with van der Waals surface area (Å²) in [6.07, 6.45) is 10.9. The second kappa shape index (κ2) is 33.6. The molecule has 0 amide bonds. The lowest BCUT2D eigenvalue weighted by atomic mass is 9.76. The van der Waals surface area contributed by atoms with Crippen LogP contribution in [0.5, 0.6) is 0 Å². The zero-order chi connectivity index (χ0) is 76.9. The minimum atomic E-state index is -0.895. The van der Waals surface area contributed by atoms with Gasteiger partial charge in [-0.1, -0.05) is 189 Å². The molecule has 0 aliphatic carbocycles. The summed E-state index contributed by atoms with van der Waals surface area (Å²) < 4.78 is 61.2. The average Bonchev–Trinajstić information content (AvgIpc) is 1.59. The molecule has 18 rings (SSSR count). The molecule has 0 unspecified atom stereocenters. The molecule has 0 radical (unpaired) electrons. The quantitative estimate of drug-likeness (QED) is 0.0368. The normalized spacial score (nSPS) is 11.3. The molecule has 0 aliphatic rings. The van der Waals surface area contributed by atoms with Gasteiger partial charge in [-0.05, 0) is 127 Å². The van der Waals surface area contributed by atoms with Crippen LogP contribution in [0.2, 0.25) is 0 Å². The summed E-state index contributed by atoms with van der Waals surface area (Å²) in [5.41, 5.74) is 18.1. The zero-order valence-corrected chi connectivity index (χ0v) is 61.2. The highest BCUT2D eigenvalue weighted by molar-refractivity contribution is 6.09. The van der Waals surface area contributed by atoms with Crippen LogP contribution in [0.15, 0.2) is 310 Å². The maximum Gasteiger partial charge on any atom is 0.216 e. The first-order valence-corrected chi connectivity index (χ1v) is 36.5. The van der Waals surface area contributed by atoms with Crippen molar-refractivity contribution in [3.8, 4) is 33.8 Å². The number of nitrogens with one attached hydrogen (secondary N) is 3. The van der Waals surface area contributed by atoms with Crippen LogP contribution in [-0.2, 0) is 11.1 Å². The van der Waals surface area contributed by atoms with Gasteiger partial charge in [-0.15, -0.1) is 0 Å². The highest BCUT2D eigenvalue weighted by Gasteiger charge is 2.43. The Kier molecular flexibility index (Phi) is 22.5. The summed E-state index contributed by atoms with van der Waals surface area (Å²) in [5.74, 6) is -1.89. The lowest BCUT2D eigenvalue weighted by Gasteiger charge is -2.38. The monoisotopic (exact) mass is 1470 g/mol. The number of pyridine rings is 9. The smallest absolute Gasteiger partial charge is 0.216 e. The van der Waals surface area contributed by atoms with Gasteiger partial charge in [0.25, 0.3) is 0 Å². The maximum absolute atomic E-state index is 14.7. The van der Waals surface area contributed by atoms with Crippen molar-refractivity contribution in [2.75, 3.05) is 36.9 Å². The van der Waals surface area contributed by atoms with Gasteiger partial charge in [0.15, 0.2) is 0 Å². The van der Waals surface area contributed by atoms with Gasteiger partial charge in [0.05, 0.1) is 33.6 Å². The van der Waals surface area contributed by atoms with Crippen molar-refractivity contribution in [1.82, 2.24) is 59.0 Å². The van der Waals surface area contributed by atoms with E-state index in [1.807, 2.05) is 161 Å². The third-order valence-corrected chi connectivity index (χ3v) is 18.9. The molecule has 0 bridgehead atoms. The Balaban J connectivity index is 0.000000139. The Hall–Kier alpha value is -13.7. The van der Waals surface area contributed by atoms with Gasteiger partial charge in [-0.2, -0.15) is 22.5 Å². The molecular formula is C91H77F4N15O. The number of fused-ring (bicyclic) bond motifs is 9. The molecule has 0 saturated carbocycles. The molecule has 12 aromatic heterocycles. The second-order valence-corrected chi connectivity index (χ2v) is 25.8.